The van der Waals surface area contributed by atoms with Crippen LogP contribution in [-0.2, 0) is 4.79 Å². The molecule has 1 aliphatic rings. The average Bonchev–Trinajstić information content (AvgIpc) is 2.27. The summed E-state index contributed by atoms with van der Waals surface area (Å²) in [4.78, 5) is 11.0. The number of hydrogen-bond donors (Lipinski definition) is 2. The van der Waals surface area contributed by atoms with Crippen molar-refractivity contribution in [1.82, 2.24) is 0 Å². The fourth-order valence-electron chi connectivity index (χ4n) is 3.15. The summed E-state index contributed by atoms with van der Waals surface area (Å²) < 4.78 is 0. The van der Waals surface area contributed by atoms with E-state index in [0.29, 0.717) is 12.5 Å². The third kappa shape index (κ3) is 3.21. The number of nitrogens with two attached hydrogens (primary N) is 1. The van der Waals surface area contributed by atoms with Gasteiger partial charge in [0.1, 0.15) is 0 Å². The van der Waals surface area contributed by atoms with Crippen LogP contribution in [-0.4, -0.2) is 17.6 Å². The molecule has 94 valence electrons. The summed E-state index contributed by atoms with van der Waals surface area (Å²) in [6.07, 6.45) is 8.37. The first-order valence-corrected chi connectivity index (χ1v) is 6.56. The zero-order valence-electron chi connectivity index (χ0n) is 10.4. The van der Waals surface area contributed by atoms with E-state index in [0.717, 1.165) is 19.3 Å². The molecule has 1 fully saturated rings. The smallest absolute Gasteiger partial charge is 0.303 e. The molecule has 1 aliphatic carbocycles. The number of unbranched alkanes of at least 4 members (excludes halogenated alkanes) is 1. The summed E-state index contributed by atoms with van der Waals surface area (Å²) >= 11 is 0. The number of hydrogen-bond acceptors (Lipinski definition) is 2. The maximum Gasteiger partial charge on any atom is 0.303 e. The van der Waals surface area contributed by atoms with E-state index in [1.165, 1.54) is 25.7 Å². The van der Waals surface area contributed by atoms with Gasteiger partial charge in [-0.1, -0.05) is 32.6 Å². The highest BCUT2D eigenvalue weighted by Crippen LogP contribution is 2.45. The Kier molecular flexibility index (Phi) is 5.26. The van der Waals surface area contributed by atoms with Gasteiger partial charge in [0, 0.05) is 0 Å². The number of carbonyl (C=O) groups is 1. The molecule has 0 aromatic heterocycles. The van der Waals surface area contributed by atoms with Gasteiger partial charge in [-0.25, -0.2) is 0 Å². The summed E-state index contributed by atoms with van der Waals surface area (Å²) in [5.74, 6) is -0.156. The molecule has 2 unspecified atom stereocenters. The number of carboxylic acid groups (broad SMARTS) is 1. The summed E-state index contributed by atoms with van der Waals surface area (Å²) in [7, 11) is 0. The van der Waals surface area contributed by atoms with Gasteiger partial charge in [0.15, 0.2) is 0 Å². The monoisotopic (exact) mass is 227 g/mol. The van der Waals surface area contributed by atoms with Crippen molar-refractivity contribution < 1.29 is 9.90 Å². The van der Waals surface area contributed by atoms with Crippen LogP contribution in [0, 0.1) is 11.3 Å². The molecule has 0 radical (unpaired) electrons. The van der Waals surface area contributed by atoms with E-state index in [4.69, 9.17) is 10.8 Å². The van der Waals surface area contributed by atoms with Gasteiger partial charge in [-0.3, -0.25) is 4.79 Å². The lowest BCUT2D eigenvalue weighted by Gasteiger charge is -2.43. The molecule has 0 bridgehead atoms. The van der Waals surface area contributed by atoms with Crippen LogP contribution in [0.25, 0.3) is 0 Å². The van der Waals surface area contributed by atoms with Crippen LogP contribution in [0.2, 0.25) is 0 Å². The number of rotatable bonds is 6. The van der Waals surface area contributed by atoms with Gasteiger partial charge in [0.2, 0.25) is 0 Å². The van der Waals surface area contributed by atoms with Crippen molar-refractivity contribution >= 4 is 5.97 Å². The van der Waals surface area contributed by atoms with Crippen molar-refractivity contribution in [3.8, 4) is 0 Å². The average molecular weight is 227 g/mol. The molecule has 0 aromatic carbocycles. The fourth-order valence-corrected chi connectivity index (χ4v) is 3.15. The molecule has 1 saturated carbocycles. The van der Waals surface area contributed by atoms with Crippen molar-refractivity contribution in [1.29, 1.82) is 0 Å². The second-order valence-electron chi connectivity index (χ2n) is 5.22. The lowest BCUT2D eigenvalue weighted by molar-refractivity contribution is -0.141. The topological polar surface area (TPSA) is 63.3 Å². The molecule has 1 rings (SSSR count). The van der Waals surface area contributed by atoms with E-state index in [1.54, 1.807) is 0 Å². The zero-order valence-corrected chi connectivity index (χ0v) is 10.4. The summed E-state index contributed by atoms with van der Waals surface area (Å²) in [5, 5.41) is 9.05. The predicted octanol–water partition coefficient (Wildman–Crippen LogP) is 2.79. The molecule has 0 aromatic rings. The molecule has 0 spiro atoms. The third-order valence-electron chi connectivity index (χ3n) is 4.16. The molecule has 2 atom stereocenters. The first-order chi connectivity index (χ1) is 7.64. The molecule has 16 heavy (non-hydrogen) atoms. The van der Waals surface area contributed by atoms with Crippen molar-refractivity contribution in [3.63, 3.8) is 0 Å². The molecular weight excluding hydrogens is 202 g/mol. The van der Waals surface area contributed by atoms with Crippen LogP contribution >= 0.6 is 0 Å². The Morgan fingerprint density at radius 2 is 2.25 bits per heavy atom. The van der Waals surface area contributed by atoms with Crippen LogP contribution in [0.15, 0.2) is 0 Å². The maximum atomic E-state index is 11.0. The number of carboxylic acids is 1. The van der Waals surface area contributed by atoms with Crippen LogP contribution in [0.4, 0.5) is 0 Å². The lowest BCUT2D eigenvalue weighted by Crippen LogP contribution is -2.42. The van der Waals surface area contributed by atoms with E-state index in [1.807, 2.05) is 0 Å². The Hall–Kier alpha value is -0.570. The molecule has 3 nitrogen and oxygen atoms in total. The largest absolute Gasteiger partial charge is 0.481 e. The minimum atomic E-state index is -0.686. The molecule has 3 heteroatoms. The van der Waals surface area contributed by atoms with Crippen LogP contribution in [0.5, 0.6) is 0 Å². The Morgan fingerprint density at radius 3 is 2.81 bits per heavy atom. The van der Waals surface area contributed by atoms with Gasteiger partial charge in [0.25, 0.3) is 0 Å². The molecular formula is C13H25NO2. The van der Waals surface area contributed by atoms with E-state index < -0.39 is 5.97 Å². The Morgan fingerprint density at radius 1 is 1.50 bits per heavy atom. The van der Waals surface area contributed by atoms with Gasteiger partial charge < -0.3 is 10.8 Å². The minimum Gasteiger partial charge on any atom is -0.481 e. The highest BCUT2D eigenvalue weighted by Gasteiger charge is 2.40. The molecule has 0 saturated heterocycles. The van der Waals surface area contributed by atoms with E-state index >= 15 is 0 Å². The zero-order chi connectivity index (χ0) is 12.0. The van der Waals surface area contributed by atoms with Gasteiger partial charge in [0.05, 0.1) is 6.42 Å². The third-order valence-corrected chi connectivity index (χ3v) is 4.16. The fraction of sp³-hybridized carbons (Fsp3) is 0.923. The van der Waals surface area contributed by atoms with Gasteiger partial charge in [-0.2, -0.15) is 0 Å². The molecule has 3 N–H and O–H groups in total. The SMILES string of the molecule is CCCCC1CCCCC1(CN)CC(=O)O. The van der Waals surface area contributed by atoms with Crippen molar-refractivity contribution in [2.24, 2.45) is 17.1 Å². The van der Waals surface area contributed by atoms with Crippen LogP contribution < -0.4 is 5.73 Å². The quantitative estimate of drug-likeness (QED) is 0.733. The Balaban J connectivity index is 2.70. The van der Waals surface area contributed by atoms with E-state index in [2.05, 4.69) is 6.92 Å². The van der Waals surface area contributed by atoms with E-state index in [9.17, 15) is 4.79 Å². The number of aliphatic carboxylic acids is 1. The summed E-state index contributed by atoms with van der Waals surface area (Å²) in [6.45, 7) is 2.72. The molecule has 0 aliphatic heterocycles. The Bertz CT molecular complexity index is 230. The molecule has 0 heterocycles. The normalized spacial score (nSPS) is 30.2. The summed E-state index contributed by atoms with van der Waals surface area (Å²) in [6, 6.07) is 0. The van der Waals surface area contributed by atoms with Crippen LogP contribution in [0.1, 0.15) is 58.3 Å². The maximum absolute atomic E-state index is 11.0. The lowest BCUT2D eigenvalue weighted by atomic mass is 9.63. The first-order valence-electron chi connectivity index (χ1n) is 6.56. The second-order valence-corrected chi connectivity index (χ2v) is 5.22. The van der Waals surface area contributed by atoms with Gasteiger partial charge in [-0.05, 0) is 37.1 Å². The minimum absolute atomic E-state index is 0.112. The highest BCUT2D eigenvalue weighted by atomic mass is 16.4. The predicted molar refractivity (Wildman–Crippen MR) is 65.2 cm³/mol. The van der Waals surface area contributed by atoms with Crippen LogP contribution in [0.3, 0.4) is 0 Å². The van der Waals surface area contributed by atoms with Gasteiger partial charge >= 0.3 is 5.97 Å². The van der Waals surface area contributed by atoms with E-state index in [-0.39, 0.29) is 11.8 Å². The first kappa shape index (κ1) is 13.5. The Labute approximate surface area is 98.4 Å². The second kappa shape index (κ2) is 6.24. The highest BCUT2D eigenvalue weighted by molar-refractivity contribution is 5.67. The van der Waals surface area contributed by atoms with Gasteiger partial charge in [-0.15, -0.1) is 0 Å². The van der Waals surface area contributed by atoms with Crippen molar-refractivity contribution in [2.75, 3.05) is 6.54 Å². The van der Waals surface area contributed by atoms with Crippen molar-refractivity contribution in [3.05, 3.63) is 0 Å². The standard InChI is InChI=1S/C13H25NO2/c1-2-3-6-11-7-4-5-8-13(11,10-14)9-12(15)16/h11H,2-10,14H2,1H3,(H,15,16). The molecule has 0 amide bonds. The van der Waals surface area contributed by atoms with Crippen molar-refractivity contribution in [2.45, 2.75) is 58.3 Å². The summed E-state index contributed by atoms with van der Waals surface area (Å²) in [5.41, 5.74) is 5.77.